The van der Waals surface area contributed by atoms with Crippen molar-refractivity contribution in [2.75, 3.05) is 12.3 Å². The van der Waals surface area contributed by atoms with E-state index in [-0.39, 0.29) is 18.2 Å². The van der Waals surface area contributed by atoms with Gasteiger partial charge >= 0.3 is 6.09 Å². The van der Waals surface area contributed by atoms with Gasteiger partial charge in [0.2, 0.25) is 11.8 Å². The molecule has 2 aromatic rings. The molecule has 2 atom stereocenters. The Labute approximate surface area is 213 Å². The Morgan fingerprint density at radius 1 is 1.11 bits per heavy atom. The van der Waals surface area contributed by atoms with E-state index in [2.05, 4.69) is 29.8 Å². The SMILES string of the molecule is C=Cc1cccc(C(C(=O)NCc2ccccc2)N(CC)C(=O)C(CS)NC(=O)OC(C)(C)C)c1. The zero-order valence-electron chi connectivity index (χ0n) is 20.8. The Morgan fingerprint density at radius 2 is 1.80 bits per heavy atom. The van der Waals surface area contributed by atoms with Gasteiger partial charge in [0.15, 0.2) is 0 Å². The molecule has 0 aliphatic rings. The van der Waals surface area contributed by atoms with Gasteiger partial charge in [0.25, 0.3) is 0 Å². The molecule has 0 fully saturated rings. The van der Waals surface area contributed by atoms with Crippen LogP contribution in [0.1, 0.15) is 50.4 Å². The van der Waals surface area contributed by atoms with Gasteiger partial charge in [0, 0.05) is 18.8 Å². The van der Waals surface area contributed by atoms with Crippen LogP contribution in [0.15, 0.2) is 61.2 Å². The minimum absolute atomic E-state index is 0.0413. The molecule has 0 spiro atoms. The molecule has 0 aromatic heterocycles. The second kappa shape index (κ2) is 13.0. The number of amides is 3. The summed E-state index contributed by atoms with van der Waals surface area (Å²) in [5, 5.41) is 5.53. The van der Waals surface area contributed by atoms with Crippen molar-refractivity contribution >= 4 is 36.6 Å². The largest absolute Gasteiger partial charge is 0.444 e. The molecule has 0 saturated heterocycles. The Balaban J connectivity index is 2.35. The average Bonchev–Trinajstić information content (AvgIpc) is 2.83. The van der Waals surface area contributed by atoms with Crippen LogP contribution in [-0.2, 0) is 20.9 Å². The van der Waals surface area contributed by atoms with E-state index >= 15 is 0 Å². The van der Waals surface area contributed by atoms with E-state index in [9.17, 15) is 14.4 Å². The smallest absolute Gasteiger partial charge is 0.408 e. The number of carbonyl (C=O) groups is 3. The fraction of sp³-hybridized carbons (Fsp3) is 0.370. The van der Waals surface area contributed by atoms with Crippen LogP contribution in [0.5, 0.6) is 0 Å². The number of nitrogens with zero attached hydrogens (tertiary/aromatic N) is 1. The summed E-state index contributed by atoms with van der Waals surface area (Å²) in [6.07, 6.45) is 0.959. The van der Waals surface area contributed by atoms with Gasteiger partial charge in [0.05, 0.1) is 0 Å². The number of ether oxygens (including phenoxy) is 1. The van der Waals surface area contributed by atoms with E-state index in [1.807, 2.05) is 48.5 Å². The average molecular weight is 498 g/mol. The van der Waals surface area contributed by atoms with Crippen molar-refractivity contribution in [2.24, 2.45) is 0 Å². The molecule has 35 heavy (non-hydrogen) atoms. The first kappa shape index (κ1) is 28.0. The molecular formula is C27H35N3O4S. The second-order valence-electron chi connectivity index (χ2n) is 8.99. The third-order valence-corrected chi connectivity index (χ3v) is 5.49. The van der Waals surface area contributed by atoms with Crippen LogP contribution >= 0.6 is 12.6 Å². The minimum Gasteiger partial charge on any atom is -0.444 e. The standard InChI is InChI=1S/C27H35N3O4S/c1-6-19-14-11-15-21(16-19)23(24(31)28-17-20-12-9-8-10-13-20)30(7-2)25(32)22(18-35)29-26(33)34-27(3,4)5/h6,8-16,22-23,35H,1,7,17-18H2,2-5H3,(H,28,31)(H,29,33). The number of rotatable bonds is 10. The molecule has 0 aliphatic carbocycles. The summed E-state index contributed by atoms with van der Waals surface area (Å²) >= 11 is 4.27. The first-order valence-electron chi connectivity index (χ1n) is 11.5. The summed E-state index contributed by atoms with van der Waals surface area (Å²) in [4.78, 5) is 40.8. The van der Waals surface area contributed by atoms with E-state index < -0.39 is 29.7 Å². The van der Waals surface area contributed by atoms with E-state index in [0.29, 0.717) is 12.1 Å². The summed E-state index contributed by atoms with van der Waals surface area (Å²) in [5.74, 6) is -0.725. The number of benzene rings is 2. The highest BCUT2D eigenvalue weighted by molar-refractivity contribution is 7.80. The highest BCUT2D eigenvalue weighted by Gasteiger charge is 2.35. The Morgan fingerprint density at radius 3 is 2.37 bits per heavy atom. The molecule has 0 aliphatic heterocycles. The topological polar surface area (TPSA) is 87.7 Å². The first-order chi connectivity index (χ1) is 16.6. The summed E-state index contributed by atoms with van der Waals surface area (Å²) < 4.78 is 5.30. The highest BCUT2D eigenvalue weighted by Crippen LogP contribution is 2.24. The number of likely N-dealkylation sites (N-methyl/N-ethyl adjacent to an activating group) is 1. The van der Waals surface area contributed by atoms with E-state index in [4.69, 9.17) is 4.74 Å². The molecule has 2 rings (SSSR count). The molecule has 3 amide bonds. The second-order valence-corrected chi connectivity index (χ2v) is 9.35. The van der Waals surface area contributed by atoms with E-state index in [1.165, 1.54) is 4.90 Å². The van der Waals surface area contributed by atoms with Crippen molar-refractivity contribution in [1.82, 2.24) is 15.5 Å². The summed E-state index contributed by atoms with van der Waals surface area (Å²) in [6, 6.07) is 14.9. The number of thiol groups is 1. The molecule has 2 aromatic carbocycles. The number of hydrogen-bond donors (Lipinski definition) is 3. The minimum atomic E-state index is -0.972. The van der Waals surface area contributed by atoms with Crippen LogP contribution in [0.2, 0.25) is 0 Å². The van der Waals surface area contributed by atoms with Gasteiger partial charge in [-0.25, -0.2) is 4.79 Å². The monoisotopic (exact) mass is 497 g/mol. The quantitative estimate of drug-likeness (QED) is 0.426. The van der Waals surface area contributed by atoms with Crippen LogP contribution in [0, 0.1) is 0 Å². The van der Waals surface area contributed by atoms with Gasteiger partial charge in [-0.05, 0) is 50.5 Å². The van der Waals surface area contributed by atoms with Crippen molar-refractivity contribution < 1.29 is 19.1 Å². The highest BCUT2D eigenvalue weighted by atomic mass is 32.1. The Bertz CT molecular complexity index is 1020. The maximum atomic E-state index is 13.6. The molecule has 0 saturated carbocycles. The van der Waals surface area contributed by atoms with Crippen LogP contribution in [-0.4, -0.2) is 46.7 Å². The third-order valence-electron chi connectivity index (χ3n) is 5.13. The van der Waals surface area contributed by atoms with Crippen molar-refractivity contribution in [3.63, 3.8) is 0 Å². The molecular weight excluding hydrogens is 462 g/mol. The molecule has 188 valence electrons. The summed E-state index contributed by atoms with van der Waals surface area (Å²) in [6.45, 7) is 11.4. The lowest BCUT2D eigenvalue weighted by Gasteiger charge is -2.33. The number of carbonyl (C=O) groups excluding carboxylic acids is 3. The zero-order valence-corrected chi connectivity index (χ0v) is 21.7. The lowest BCUT2D eigenvalue weighted by Crippen LogP contribution is -2.53. The van der Waals surface area contributed by atoms with Crippen LogP contribution in [0.3, 0.4) is 0 Å². The molecule has 2 unspecified atom stereocenters. The van der Waals surface area contributed by atoms with Crippen LogP contribution in [0.25, 0.3) is 6.08 Å². The van der Waals surface area contributed by atoms with Crippen molar-refractivity contribution in [3.8, 4) is 0 Å². The van der Waals surface area contributed by atoms with E-state index in [1.54, 1.807) is 39.8 Å². The van der Waals surface area contributed by atoms with Gasteiger partial charge in [-0.1, -0.05) is 61.2 Å². The third kappa shape index (κ3) is 8.47. The Hall–Kier alpha value is -3.26. The van der Waals surface area contributed by atoms with E-state index in [0.717, 1.165) is 11.1 Å². The Kier molecular flexibility index (Phi) is 10.4. The maximum absolute atomic E-state index is 13.6. The normalized spacial score (nSPS) is 12.7. The number of nitrogens with one attached hydrogen (secondary N) is 2. The predicted octanol–water partition coefficient (Wildman–Crippen LogP) is 4.36. The van der Waals surface area contributed by atoms with Crippen molar-refractivity contribution in [2.45, 2.75) is 51.9 Å². The molecule has 7 nitrogen and oxygen atoms in total. The lowest BCUT2D eigenvalue weighted by atomic mass is 10.0. The van der Waals surface area contributed by atoms with Crippen molar-refractivity contribution in [3.05, 3.63) is 77.9 Å². The number of hydrogen-bond acceptors (Lipinski definition) is 5. The first-order valence-corrected chi connectivity index (χ1v) is 12.2. The van der Waals surface area contributed by atoms with Gasteiger partial charge < -0.3 is 20.3 Å². The van der Waals surface area contributed by atoms with Gasteiger partial charge in [-0.3, -0.25) is 9.59 Å². The molecule has 0 radical (unpaired) electrons. The zero-order chi connectivity index (χ0) is 26.0. The summed E-state index contributed by atoms with van der Waals surface area (Å²) in [7, 11) is 0. The molecule has 2 N–H and O–H groups in total. The van der Waals surface area contributed by atoms with Crippen LogP contribution in [0.4, 0.5) is 4.79 Å². The molecule has 8 heteroatoms. The maximum Gasteiger partial charge on any atom is 0.408 e. The lowest BCUT2D eigenvalue weighted by molar-refractivity contribution is -0.141. The predicted molar refractivity (Wildman–Crippen MR) is 142 cm³/mol. The van der Waals surface area contributed by atoms with Crippen molar-refractivity contribution in [1.29, 1.82) is 0 Å². The fourth-order valence-electron chi connectivity index (χ4n) is 3.51. The van der Waals surface area contributed by atoms with Gasteiger partial charge in [-0.2, -0.15) is 12.6 Å². The molecule has 0 bridgehead atoms. The molecule has 0 heterocycles. The van der Waals surface area contributed by atoms with Crippen LogP contribution < -0.4 is 10.6 Å². The number of alkyl carbamates (subject to hydrolysis) is 1. The fourth-order valence-corrected chi connectivity index (χ4v) is 3.76. The van der Waals surface area contributed by atoms with Gasteiger partial charge in [0.1, 0.15) is 17.7 Å². The van der Waals surface area contributed by atoms with Gasteiger partial charge in [-0.15, -0.1) is 0 Å². The summed E-state index contributed by atoms with van der Waals surface area (Å²) in [5.41, 5.74) is 1.68.